The first-order chi connectivity index (χ1) is 16.6. The van der Waals surface area contributed by atoms with Gasteiger partial charge in [0.15, 0.2) is 17.9 Å². The molecule has 5 rings (SSSR count). The van der Waals surface area contributed by atoms with E-state index in [0.29, 0.717) is 13.1 Å². The first-order valence-electron chi connectivity index (χ1n) is 12.5. The SMILES string of the molecule is C[C@@H](O)[C@H]([C@H]1O[C@@H]2OC(C)(C)O[C@@H]2[C@H]2OC(C)(C)O[C@H]21)N(Cc1ccccc1)Cc1ccccc1. The third kappa shape index (κ3) is 5.32. The lowest BCUT2D eigenvalue weighted by Crippen LogP contribution is -2.63. The third-order valence-corrected chi connectivity index (χ3v) is 6.90. The molecule has 0 spiro atoms. The molecule has 7 nitrogen and oxygen atoms in total. The number of benzene rings is 2. The summed E-state index contributed by atoms with van der Waals surface area (Å²) < 4.78 is 31.6. The molecule has 0 radical (unpaired) electrons. The summed E-state index contributed by atoms with van der Waals surface area (Å²) in [5, 5.41) is 11.2. The molecule has 3 heterocycles. The quantitative estimate of drug-likeness (QED) is 0.642. The molecule has 0 saturated carbocycles. The lowest BCUT2D eigenvalue weighted by Gasteiger charge is -2.45. The van der Waals surface area contributed by atoms with Gasteiger partial charge in [-0.25, -0.2) is 0 Å². The second kappa shape index (κ2) is 9.56. The summed E-state index contributed by atoms with van der Waals surface area (Å²) in [6.45, 7) is 10.7. The van der Waals surface area contributed by atoms with Gasteiger partial charge in [0, 0.05) is 13.1 Å². The van der Waals surface area contributed by atoms with E-state index in [1.54, 1.807) is 0 Å². The minimum atomic E-state index is -0.797. The second-order valence-corrected chi connectivity index (χ2v) is 10.7. The minimum Gasteiger partial charge on any atom is -0.392 e. The van der Waals surface area contributed by atoms with Crippen LogP contribution < -0.4 is 0 Å². The Morgan fingerprint density at radius 2 is 1.23 bits per heavy atom. The first-order valence-corrected chi connectivity index (χ1v) is 12.5. The smallest absolute Gasteiger partial charge is 0.190 e. The molecule has 7 heteroatoms. The molecule has 2 aromatic carbocycles. The van der Waals surface area contributed by atoms with Crippen molar-refractivity contribution >= 4 is 0 Å². The highest BCUT2D eigenvalue weighted by atomic mass is 16.9. The van der Waals surface area contributed by atoms with E-state index in [1.165, 1.54) is 0 Å². The molecule has 7 atom stereocenters. The number of ether oxygens (including phenoxy) is 5. The van der Waals surface area contributed by atoms with E-state index in [0.717, 1.165) is 11.1 Å². The van der Waals surface area contributed by atoms with Crippen molar-refractivity contribution in [3.8, 4) is 0 Å². The Bertz CT molecular complexity index is 940. The predicted octanol–water partition coefficient (Wildman–Crippen LogP) is 3.83. The van der Waals surface area contributed by atoms with Gasteiger partial charge in [0.25, 0.3) is 0 Å². The molecule has 3 saturated heterocycles. The van der Waals surface area contributed by atoms with E-state index in [1.807, 2.05) is 71.0 Å². The Morgan fingerprint density at radius 3 is 1.77 bits per heavy atom. The summed E-state index contributed by atoms with van der Waals surface area (Å²) in [7, 11) is 0. The molecule has 3 aliphatic rings. The standard InChI is InChI=1S/C28H37NO6/c1-18(30)21(29(16-19-12-8-6-9-13-19)17-20-14-10-7-11-15-20)22-23-24(33-27(2,3)32-23)25-26(31-22)35-28(4,5)34-25/h6-15,18,21-26,30H,16-17H2,1-5H3/t18-,21-,22-,23+,24+,25-,26-/m1/s1. The van der Waals surface area contributed by atoms with Crippen LogP contribution in [0.4, 0.5) is 0 Å². The summed E-state index contributed by atoms with van der Waals surface area (Å²) in [5.41, 5.74) is 2.31. The number of aliphatic hydroxyl groups excluding tert-OH is 1. The second-order valence-electron chi connectivity index (χ2n) is 10.7. The van der Waals surface area contributed by atoms with Gasteiger partial charge in [-0.15, -0.1) is 0 Å². The van der Waals surface area contributed by atoms with E-state index < -0.39 is 42.3 Å². The molecular formula is C28H37NO6. The maximum Gasteiger partial charge on any atom is 0.190 e. The largest absolute Gasteiger partial charge is 0.392 e. The maximum atomic E-state index is 11.2. The van der Waals surface area contributed by atoms with Crippen LogP contribution in [0, 0.1) is 0 Å². The van der Waals surface area contributed by atoms with Crippen molar-refractivity contribution < 1.29 is 28.8 Å². The minimum absolute atomic E-state index is 0.368. The van der Waals surface area contributed by atoms with Crippen molar-refractivity contribution in [2.45, 2.75) is 102 Å². The van der Waals surface area contributed by atoms with Gasteiger partial charge in [-0.2, -0.15) is 0 Å². The van der Waals surface area contributed by atoms with Crippen molar-refractivity contribution in [1.82, 2.24) is 4.90 Å². The summed E-state index contributed by atoms with van der Waals surface area (Å²) in [5.74, 6) is -1.59. The Kier molecular flexibility index (Phi) is 6.78. The van der Waals surface area contributed by atoms with E-state index in [4.69, 9.17) is 23.7 Å². The molecular weight excluding hydrogens is 446 g/mol. The number of hydrogen-bond donors (Lipinski definition) is 1. The van der Waals surface area contributed by atoms with Gasteiger partial charge in [0.1, 0.15) is 24.4 Å². The number of hydrogen-bond acceptors (Lipinski definition) is 7. The highest BCUT2D eigenvalue weighted by Gasteiger charge is 2.62. The van der Waals surface area contributed by atoms with Crippen molar-refractivity contribution in [3.63, 3.8) is 0 Å². The summed E-state index contributed by atoms with van der Waals surface area (Å²) >= 11 is 0. The topological polar surface area (TPSA) is 69.6 Å². The summed E-state index contributed by atoms with van der Waals surface area (Å²) in [6, 6.07) is 20.2. The van der Waals surface area contributed by atoms with Crippen LogP contribution in [0.1, 0.15) is 45.7 Å². The molecule has 0 aromatic heterocycles. The lowest BCUT2D eigenvalue weighted by molar-refractivity contribution is -0.253. The number of aliphatic hydroxyl groups is 1. The zero-order valence-corrected chi connectivity index (χ0v) is 21.2. The Morgan fingerprint density at radius 1 is 0.743 bits per heavy atom. The van der Waals surface area contributed by atoms with Crippen LogP contribution >= 0.6 is 0 Å². The molecule has 0 bridgehead atoms. The Balaban J connectivity index is 1.50. The molecule has 0 amide bonds. The van der Waals surface area contributed by atoms with Gasteiger partial charge in [0.05, 0.1) is 12.1 Å². The molecule has 190 valence electrons. The number of rotatable bonds is 7. The van der Waals surface area contributed by atoms with Gasteiger partial charge in [0.2, 0.25) is 0 Å². The van der Waals surface area contributed by atoms with Crippen LogP contribution in [-0.2, 0) is 36.8 Å². The molecule has 1 N–H and O–H groups in total. The molecule has 35 heavy (non-hydrogen) atoms. The van der Waals surface area contributed by atoms with Gasteiger partial charge in [-0.05, 0) is 45.7 Å². The molecule has 3 fully saturated rings. The Hall–Kier alpha value is -1.84. The number of nitrogens with zero attached hydrogens (tertiary/aromatic N) is 1. The van der Waals surface area contributed by atoms with Crippen LogP contribution in [-0.4, -0.2) is 64.4 Å². The van der Waals surface area contributed by atoms with E-state index in [2.05, 4.69) is 29.2 Å². The monoisotopic (exact) mass is 483 g/mol. The average Bonchev–Trinajstić information content (AvgIpc) is 3.29. The Labute approximate surface area is 207 Å². The predicted molar refractivity (Wildman–Crippen MR) is 130 cm³/mol. The third-order valence-electron chi connectivity index (χ3n) is 6.90. The van der Waals surface area contributed by atoms with Crippen LogP contribution in [0.15, 0.2) is 60.7 Å². The summed E-state index contributed by atoms with van der Waals surface area (Å²) in [6.07, 6.45) is -2.99. The highest BCUT2D eigenvalue weighted by Crippen LogP contribution is 2.45. The maximum absolute atomic E-state index is 11.2. The normalized spacial score (nSPS) is 32.7. The first kappa shape index (κ1) is 24.8. The van der Waals surface area contributed by atoms with Crippen molar-refractivity contribution in [3.05, 3.63) is 71.8 Å². The zero-order chi connectivity index (χ0) is 24.8. The van der Waals surface area contributed by atoms with Crippen LogP contribution in [0.25, 0.3) is 0 Å². The number of fused-ring (bicyclic) bond motifs is 3. The van der Waals surface area contributed by atoms with E-state index in [9.17, 15) is 5.11 Å². The van der Waals surface area contributed by atoms with E-state index in [-0.39, 0.29) is 12.1 Å². The van der Waals surface area contributed by atoms with Crippen LogP contribution in [0.2, 0.25) is 0 Å². The van der Waals surface area contributed by atoms with Gasteiger partial charge in [-0.3, -0.25) is 4.90 Å². The van der Waals surface area contributed by atoms with Crippen molar-refractivity contribution in [1.29, 1.82) is 0 Å². The van der Waals surface area contributed by atoms with Gasteiger partial charge >= 0.3 is 0 Å². The van der Waals surface area contributed by atoms with Gasteiger partial charge in [-0.1, -0.05) is 60.7 Å². The summed E-state index contributed by atoms with van der Waals surface area (Å²) in [4.78, 5) is 2.27. The average molecular weight is 484 g/mol. The molecule has 2 aromatic rings. The zero-order valence-electron chi connectivity index (χ0n) is 21.2. The fourth-order valence-corrected chi connectivity index (χ4v) is 5.61. The highest BCUT2D eigenvalue weighted by molar-refractivity contribution is 5.18. The van der Waals surface area contributed by atoms with E-state index >= 15 is 0 Å². The van der Waals surface area contributed by atoms with Crippen molar-refractivity contribution in [2.24, 2.45) is 0 Å². The van der Waals surface area contributed by atoms with Gasteiger partial charge < -0.3 is 28.8 Å². The fourth-order valence-electron chi connectivity index (χ4n) is 5.61. The van der Waals surface area contributed by atoms with Crippen molar-refractivity contribution in [2.75, 3.05) is 0 Å². The molecule has 0 aliphatic carbocycles. The molecule has 3 aliphatic heterocycles. The van der Waals surface area contributed by atoms with Crippen LogP contribution in [0.3, 0.4) is 0 Å². The lowest BCUT2D eigenvalue weighted by atomic mass is 9.90. The fraction of sp³-hybridized carbons (Fsp3) is 0.571. The van der Waals surface area contributed by atoms with Crippen LogP contribution in [0.5, 0.6) is 0 Å². The molecule has 0 unspecified atom stereocenters.